The van der Waals surface area contributed by atoms with E-state index < -0.39 is 17.8 Å². The zero-order chi connectivity index (χ0) is 11.3. The first kappa shape index (κ1) is 10.2. The second-order valence-corrected chi connectivity index (χ2v) is 4.85. The fourth-order valence-corrected chi connectivity index (χ4v) is 3.28. The predicted octanol–water partition coefficient (Wildman–Crippen LogP) is 0.423. The van der Waals surface area contributed by atoms with Gasteiger partial charge in [0.25, 0.3) is 0 Å². The second-order valence-electron chi connectivity index (χ2n) is 3.51. The van der Waals surface area contributed by atoms with Crippen LogP contribution in [0.3, 0.4) is 0 Å². The lowest BCUT2D eigenvalue weighted by molar-refractivity contribution is -0.155. The van der Waals surface area contributed by atoms with Gasteiger partial charge in [0.1, 0.15) is 22.8 Å². The van der Waals surface area contributed by atoms with E-state index in [1.54, 1.807) is 6.92 Å². The summed E-state index contributed by atoms with van der Waals surface area (Å²) >= 11 is 1.27. The molecule has 2 aliphatic heterocycles. The Labute approximate surface area is 90.1 Å². The first-order chi connectivity index (χ1) is 6.95. The highest BCUT2D eigenvalue weighted by Gasteiger charge is 2.57. The first-order valence-corrected chi connectivity index (χ1v) is 5.27. The van der Waals surface area contributed by atoms with Crippen molar-refractivity contribution in [1.29, 1.82) is 0 Å². The van der Waals surface area contributed by atoms with Gasteiger partial charge in [0, 0.05) is 4.91 Å². The van der Waals surface area contributed by atoms with E-state index in [0.29, 0.717) is 4.91 Å². The molecule has 0 bridgehead atoms. The number of hydrogen-bond acceptors (Lipinski definition) is 4. The van der Waals surface area contributed by atoms with Gasteiger partial charge in [-0.3, -0.25) is 14.5 Å². The van der Waals surface area contributed by atoms with Crippen LogP contribution in [0.25, 0.3) is 0 Å². The minimum Gasteiger partial charge on any atom is -0.477 e. The summed E-state index contributed by atoms with van der Waals surface area (Å²) in [5, 5.41) is 8.57. The maximum Gasteiger partial charge on any atom is 0.353 e. The van der Waals surface area contributed by atoms with E-state index in [-0.39, 0.29) is 16.9 Å². The van der Waals surface area contributed by atoms with Crippen LogP contribution in [0.4, 0.5) is 0 Å². The quantitative estimate of drug-likeness (QED) is 0.546. The number of carboxylic acid groups (broad SMARTS) is 1. The van der Waals surface area contributed by atoms with Crippen molar-refractivity contribution >= 4 is 29.4 Å². The molecule has 1 saturated heterocycles. The van der Waals surface area contributed by atoms with E-state index in [2.05, 4.69) is 0 Å². The minimum atomic E-state index is -1.11. The zero-order valence-corrected chi connectivity index (χ0v) is 9.00. The molecule has 2 aliphatic rings. The molecule has 2 atom stereocenters. The molecule has 0 aromatic rings. The minimum absolute atomic E-state index is 0.0208. The molecule has 5 nitrogen and oxygen atoms in total. The number of amides is 1. The molecule has 0 spiro atoms. The molecule has 15 heavy (non-hydrogen) atoms. The van der Waals surface area contributed by atoms with Gasteiger partial charge in [-0.25, -0.2) is 4.79 Å². The van der Waals surface area contributed by atoms with Gasteiger partial charge >= 0.3 is 5.97 Å². The molecule has 1 unspecified atom stereocenters. The van der Waals surface area contributed by atoms with Crippen molar-refractivity contribution < 1.29 is 19.5 Å². The number of fused-ring (bicyclic) bond motifs is 1. The van der Waals surface area contributed by atoms with Crippen LogP contribution in [0.5, 0.6) is 0 Å². The number of β-lactam (4-membered cyclic amide) rings is 1. The standard InChI is InChI=1S/C9H9NO4S/c1-3(11)5-7(12)10-6(9(13)14)4(2)15-8(5)10/h5,8H,1-2H3,(H,13,14)/t5?,8-/m0/s1. The van der Waals surface area contributed by atoms with Crippen LogP contribution in [0, 0.1) is 5.92 Å². The van der Waals surface area contributed by atoms with Crippen LogP contribution >= 0.6 is 11.8 Å². The molecule has 0 aromatic heterocycles. The molecular formula is C9H9NO4S. The highest BCUT2D eigenvalue weighted by Crippen LogP contribution is 2.49. The SMILES string of the molecule is CC(=O)C1C(=O)N2C(C(=O)O)=C(C)S[C@@H]12. The van der Waals surface area contributed by atoms with E-state index in [1.807, 2.05) is 0 Å². The molecule has 0 radical (unpaired) electrons. The number of Topliss-reactive ketones (excluding diaryl/α,β-unsaturated/α-hetero) is 1. The van der Waals surface area contributed by atoms with Crippen LogP contribution in [0.1, 0.15) is 13.8 Å². The molecule has 80 valence electrons. The number of ketones is 1. The van der Waals surface area contributed by atoms with Gasteiger partial charge in [0.05, 0.1) is 0 Å². The summed E-state index contributed by atoms with van der Waals surface area (Å²) in [6, 6.07) is 0. The molecule has 0 aromatic carbocycles. The summed E-state index contributed by atoms with van der Waals surface area (Å²) in [5.41, 5.74) is 0.0208. The Morgan fingerprint density at radius 3 is 2.53 bits per heavy atom. The normalized spacial score (nSPS) is 28.9. The third-order valence-electron chi connectivity index (χ3n) is 2.56. The molecule has 2 heterocycles. The summed E-state index contributed by atoms with van der Waals surface area (Å²) in [6.45, 7) is 3.01. The van der Waals surface area contributed by atoms with Crippen molar-refractivity contribution in [3.8, 4) is 0 Å². The van der Waals surface area contributed by atoms with Gasteiger partial charge in [-0.1, -0.05) is 0 Å². The number of aliphatic carboxylic acids is 1. The van der Waals surface area contributed by atoms with E-state index in [4.69, 9.17) is 5.11 Å². The summed E-state index contributed by atoms with van der Waals surface area (Å²) in [5.74, 6) is -2.37. The molecule has 1 N–H and O–H groups in total. The van der Waals surface area contributed by atoms with Gasteiger partial charge in [-0.2, -0.15) is 0 Å². The van der Waals surface area contributed by atoms with E-state index >= 15 is 0 Å². The van der Waals surface area contributed by atoms with Crippen LogP contribution < -0.4 is 0 Å². The van der Waals surface area contributed by atoms with Crippen molar-refractivity contribution in [2.75, 3.05) is 0 Å². The lowest BCUT2D eigenvalue weighted by Gasteiger charge is -2.40. The van der Waals surface area contributed by atoms with E-state index in [1.165, 1.54) is 23.6 Å². The van der Waals surface area contributed by atoms with E-state index in [0.717, 1.165) is 0 Å². The van der Waals surface area contributed by atoms with Crippen LogP contribution in [-0.2, 0) is 14.4 Å². The lowest BCUT2D eigenvalue weighted by Crippen LogP contribution is -2.59. The highest BCUT2D eigenvalue weighted by molar-refractivity contribution is 8.04. The Bertz CT molecular complexity index is 414. The Balaban J connectivity index is 2.30. The second kappa shape index (κ2) is 3.10. The highest BCUT2D eigenvalue weighted by atomic mass is 32.2. The molecule has 0 saturated carbocycles. The van der Waals surface area contributed by atoms with Crippen molar-refractivity contribution in [3.63, 3.8) is 0 Å². The fourth-order valence-electron chi connectivity index (χ4n) is 1.86. The Hall–Kier alpha value is -1.30. The summed E-state index contributed by atoms with van der Waals surface area (Å²) < 4.78 is 0. The number of allylic oxidation sites excluding steroid dienone is 1. The maximum absolute atomic E-state index is 11.5. The average Bonchev–Trinajstić information content (AvgIpc) is 2.38. The van der Waals surface area contributed by atoms with Crippen molar-refractivity contribution in [1.82, 2.24) is 4.90 Å². The Morgan fingerprint density at radius 1 is 1.47 bits per heavy atom. The number of carbonyl (C=O) groups excluding carboxylic acids is 2. The maximum atomic E-state index is 11.5. The molecular weight excluding hydrogens is 218 g/mol. The summed E-state index contributed by atoms with van der Waals surface area (Å²) in [7, 11) is 0. The lowest BCUT2D eigenvalue weighted by atomic mass is 9.93. The van der Waals surface area contributed by atoms with Gasteiger partial charge in [0.15, 0.2) is 0 Å². The van der Waals surface area contributed by atoms with E-state index in [9.17, 15) is 14.4 Å². The number of carbonyl (C=O) groups is 3. The molecule has 1 fully saturated rings. The largest absolute Gasteiger partial charge is 0.477 e. The van der Waals surface area contributed by atoms with Crippen LogP contribution in [-0.4, -0.2) is 33.0 Å². The van der Waals surface area contributed by atoms with Crippen LogP contribution in [0.15, 0.2) is 10.6 Å². The number of carboxylic acids is 1. The number of thioether (sulfide) groups is 1. The van der Waals surface area contributed by atoms with Gasteiger partial charge < -0.3 is 5.11 Å². The van der Waals surface area contributed by atoms with Gasteiger partial charge in [-0.05, 0) is 13.8 Å². The molecule has 0 aliphatic carbocycles. The Morgan fingerprint density at radius 2 is 2.07 bits per heavy atom. The molecule has 1 amide bonds. The predicted molar refractivity (Wildman–Crippen MR) is 52.7 cm³/mol. The monoisotopic (exact) mass is 227 g/mol. The number of rotatable bonds is 2. The summed E-state index contributed by atoms with van der Waals surface area (Å²) in [6.07, 6.45) is 0. The third kappa shape index (κ3) is 1.21. The summed E-state index contributed by atoms with van der Waals surface area (Å²) in [4.78, 5) is 35.3. The Kier molecular flexibility index (Phi) is 2.11. The zero-order valence-electron chi connectivity index (χ0n) is 8.18. The van der Waals surface area contributed by atoms with Crippen LogP contribution in [0.2, 0.25) is 0 Å². The smallest absolute Gasteiger partial charge is 0.353 e. The third-order valence-corrected chi connectivity index (χ3v) is 3.83. The number of nitrogens with zero attached hydrogens (tertiary/aromatic N) is 1. The van der Waals surface area contributed by atoms with Crippen molar-refractivity contribution in [2.24, 2.45) is 5.92 Å². The number of hydrogen-bond donors (Lipinski definition) is 1. The van der Waals surface area contributed by atoms with Gasteiger partial charge in [0.2, 0.25) is 5.91 Å². The van der Waals surface area contributed by atoms with Gasteiger partial charge in [-0.15, -0.1) is 11.8 Å². The van der Waals surface area contributed by atoms with Crippen molar-refractivity contribution in [2.45, 2.75) is 19.2 Å². The fraction of sp³-hybridized carbons (Fsp3) is 0.444. The molecule has 6 heteroatoms. The topological polar surface area (TPSA) is 74.7 Å². The van der Waals surface area contributed by atoms with Crippen molar-refractivity contribution in [3.05, 3.63) is 10.6 Å². The molecule has 2 rings (SSSR count). The first-order valence-electron chi connectivity index (χ1n) is 4.39. The average molecular weight is 227 g/mol.